The van der Waals surface area contributed by atoms with Gasteiger partial charge in [-0.1, -0.05) is 31.8 Å². The second-order valence-corrected chi connectivity index (χ2v) is 4.93. The van der Waals surface area contributed by atoms with Crippen molar-refractivity contribution < 1.29 is 68.1 Å². The Morgan fingerprint density at radius 1 is 1.05 bits per heavy atom. The van der Waals surface area contributed by atoms with Gasteiger partial charge in [0, 0.05) is 17.1 Å². The molecule has 2 unspecified atom stereocenters. The van der Waals surface area contributed by atoms with E-state index in [2.05, 4.69) is 22.8 Å². The molecule has 2 aliphatic heterocycles. The molecule has 0 amide bonds. The summed E-state index contributed by atoms with van der Waals surface area (Å²) in [5, 5.41) is 9.18. The Bertz CT molecular complexity index is 343. The maximum Gasteiger partial charge on any atom is 2.00 e. The molecule has 2 radical (unpaired) electrons. The summed E-state index contributed by atoms with van der Waals surface area (Å²) in [5.41, 5.74) is 0. The fourth-order valence-corrected chi connectivity index (χ4v) is 1.94. The van der Waals surface area contributed by atoms with Gasteiger partial charge in [0.2, 0.25) is 0 Å². The zero-order chi connectivity index (χ0) is 12.7. The molecule has 2 heterocycles. The molecule has 9 nitrogen and oxygen atoms in total. The molecule has 0 aromatic rings. The minimum Gasteiger partial charge on any atom is -0.660 e. The van der Waals surface area contributed by atoms with Gasteiger partial charge < -0.3 is 27.1 Å². The fourth-order valence-electron chi connectivity index (χ4n) is 1.94. The van der Waals surface area contributed by atoms with Crippen LogP contribution >= 0.6 is 0 Å². The van der Waals surface area contributed by atoms with Gasteiger partial charge in [-0.05, 0) is 0 Å². The van der Waals surface area contributed by atoms with Crippen molar-refractivity contribution in [3.05, 3.63) is 22.8 Å². The average molecular weight is 428 g/mol. The van der Waals surface area contributed by atoms with Crippen LogP contribution in [-0.4, -0.2) is 48.2 Å². The van der Waals surface area contributed by atoms with Crippen molar-refractivity contribution in [3.8, 4) is 0 Å². The molecule has 12 heteroatoms. The van der Waals surface area contributed by atoms with Gasteiger partial charge in [-0.25, -0.2) is 0 Å². The first kappa shape index (κ1) is 33.9. The van der Waals surface area contributed by atoms with Crippen molar-refractivity contribution in [3.63, 3.8) is 0 Å². The summed E-state index contributed by atoms with van der Waals surface area (Å²) in [5.74, 6) is 0. The van der Waals surface area contributed by atoms with E-state index in [9.17, 15) is 0 Å². The maximum absolute atomic E-state index is 8.74. The largest absolute Gasteiger partial charge is 2.00 e. The smallest absolute Gasteiger partial charge is 0.660 e. The summed E-state index contributed by atoms with van der Waals surface area (Å²) >= 11 is 0. The van der Waals surface area contributed by atoms with Gasteiger partial charge in [0.15, 0.2) is 0 Å². The standard InChI is InChI=1S/C10H16N2.2Mn.H2O4S.3H2O/c1-3-7-11-9(5-1)10-6-2-4-8-12-10;;;1-5(2,3)4;;;/h1,5,9-10H,2-4,6-8H2;;;(H2,1,2,3,4);3*1H2/q-2;;+2;;;;/p+2. The second-order valence-electron chi connectivity index (χ2n) is 4.03. The van der Waals surface area contributed by atoms with E-state index in [1.165, 1.54) is 19.3 Å². The average Bonchev–Trinajstić information content (AvgIpc) is 2.29. The number of rotatable bonds is 1. The molecule has 0 spiro atoms. The maximum atomic E-state index is 8.74. The topological polar surface area (TPSA) is 200 Å². The van der Waals surface area contributed by atoms with Crippen LogP contribution in [0.25, 0.3) is 10.6 Å². The van der Waals surface area contributed by atoms with Crippen LogP contribution in [0.5, 0.6) is 0 Å². The van der Waals surface area contributed by atoms with Crippen LogP contribution in [0.15, 0.2) is 12.2 Å². The molecule has 1 fully saturated rings. The first-order valence-electron chi connectivity index (χ1n) is 5.66. The summed E-state index contributed by atoms with van der Waals surface area (Å²) in [4.78, 5) is 0. The molecule has 2 atom stereocenters. The second kappa shape index (κ2) is 17.8. The number of hydrogen-bond donors (Lipinski definition) is 2. The van der Waals surface area contributed by atoms with Gasteiger partial charge >= 0.3 is 27.5 Å². The van der Waals surface area contributed by atoms with Crippen LogP contribution in [-0.2, 0) is 55.5 Å². The number of hydrogen-bond acceptors (Lipinski definition) is 2. The third-order valence-electron chi connectivity index (χ3n) is 2.63. The summed E-state index contributed by atoms with van der Waals surface area (Å²) in [6, 6.07) is 0.925. The Kier molecular flexibility index (Phi) is 27.4. The van der Waals surface area contributed by atoms with Crippen molar-refractivity contribution >= 4 is 10.4 Å². The summed E-state index contributed by atoms with van der Waals surface area (Å²) in [6.45, 7) is 2.07. The van der Waals surface area contributed by atoms with E-state index >= 15 is 0 Å². The Morgan fingerprint density at radius 3 is 1.95 bits per heavy atom. The van der Waals surface area contributed by atoms with Crippen LogP contribution in [0.3, 0.4) is 0 Å². The van der Waals surface area contributed by atoms with E-state index in [-0.39, 0.29) is 50.6 Å². The van der Waals surface area contributed by atoms with Crippen LogP contribution in [0.1, 0.15) is 25.7 Å². The number of piperidine rings is 1. The van der Waals surface area contributed by atoms with Crippen LogP contribution < -0.4 is 0 Å². The minimum absolute atomic E-state index is 0. The van der Waals surface area contributed by atoms with Gasteiger partial charge in [-0.15, -0.1) is 31.2 Å². The Morgan fingerprint density at radius 2 is 1.59 bits per heavy atom. The van der Waals surface area contributed by atoms with Crippen molar-refractivity contribution in [1.29, 1.82) is 0 Å². The monoisotopic (exact) mass is 428 g/mol. The quantitative estimate of drug-likeness (QED) is 0.240. The Labute approximate surface area is 152 Å². The van der Waals surface area contributed by atoms with E-state index in [4.69, 9.17) is 17.5 Å². The van der Waals surface area contributed by atoms with Crippen LogP contribution in [0.4, 0.5) is 0 Å². The predicted molar refractivity (Wildman–Crippen MR) is 79.2 cm³/mol. The van der Waals surface area contributed by atoms with E-state index < -0.39 is 10.4 Å². The molecule has 0 aromatic carbocycles. The molecule has 10 N–H and O–H groups in total. The van der Waals surface area contributed by atoms with Crippen molar-refractivity contribution in [2.24, 2.45) is 0 Å². The van der Waals surface area contributed by atoms with Gasteiger partial charge in [0.25, 0.3) is 0 Å². The van der Waals surface area contributed by atoms with E-state index in [1.54, 1.807) is 0 Å². The molecular formula is C10H26Mn2N2O7S+2. The summed E-state index contributed by atoms with van der Waals surface area (Å²) < 4.78 is 31.6. The zero-order valence-corrected chi connectivity index (χ0v) is 15.2. The van der Waals surface area contributed by atoms with Gasteiger partial charge in [-0.3, -0.25) is 9.11 Å². The zero-order valence-electron chi connectivity index (χ0n) is 12.0. The normalized spacial score (nSPS) is 22.6. The molecule has 0 aliphatic carbocycles. The van der Waals surface area contributed by atoms with Crippen molar-refractivity contribution in [2.45, 2.75) is 37.8 Å². The molecule has 0 aromatic heterocycles. The Balaban J connectivity index is -0.0000000870. The first-order chi connectivity index (χ1) is 7.97. The summed E-state index contributed by atoms with van der Waals surface area (Å²) in [7, 11) is -4.67. The van der Waals surface area contributed by atoms with E-state index in [0.717, 1.165) is 19.5 Å². The van der Waals surface area contributed by atoms with Crippen molar-refractivity contribution in [1.82, 2.24) is 0 Å². The summed E-state index contributed by atoms with van der Waals surface area (Å²) in [6.07, 6.45) is 9.49. The molecular weight excluding hydrogens is 402 g/mol. The third-order valence-corrected chi connectivity index (χ3v) is 2.63. The molecule has 2 aliphatic rings. The Hall–Kier alpha value is 0.449. The molecule has 1 saturated heterocycles. The fraction of sp³-hybridized carbons (Fsp3) is 0.800. The SMILES string of the molecule is C1=CC(C2CCCC[N-]2)[N-]CC1.O.O=S(=O)(O)O.[Mn+2].[Mn].[OH3+].[OH3+]. The van der Waals surface area contributed by atoms with Gasteiger partial charge in [0.05, 0.1) is 0 Å². The van der Waals surface area contributed by atoms with Gasteiger partial charge in [0.1, 0.15) is 0 Å². The molecule has 0 saturated carbocycles. The minimum atomic E-state index is -4.67. The van der Waals surface area contributed by atoms with Gasteiger partial charge in [-0.2, -0.15) is 8.42 Å². The number of nitrogens with zero attached hydrogens (tertiary/aromatic N) is 2. The molecule has 136 valence electrons. The molecule has 0 bridgehead atoms. The first-order valence-corrected chi connectivity index (χ1v) is 7.06. The molecule has 2 rings (SSSR count). The van der Waals surface area contributed by atoms with Crippen molar-refractivity contribution in [2.75, 3.05) is 13.1 Å². The molecule has 22 heavy (non-hydrogen) atoms. The van der Waals surface area contributed by atoms with Crippen LogP contribution in [0, 0.1) is 0 Å². The van der Waals surface area contributed by atoms with Crippen LogP contribution in [0.2, 0.25) is 0 Å². The third kappa shape index (κ3) is 18.5. The van der Waals surface area contributed by atoms with E-state index in [0.29, 0.717) is 12.1 Å². The predicted octanol–water partition coefficient (Wildman–Crippen LogP) is -0.712. The van der Waals surface area contributed by atoms with E-state index in [1.807, 2.05) is 0 Å².